The van der Waals surface area contributed by atoms with Crippen LogP contribution in [0, 0.1) is 0 Å². The minimum absolute atomic E-state index is 0.734. The second-order valence-corrected chi connectivity index (χ2v) is 7.36. The fourth-order valence-corrected chi connectivity index (χ4v) is 4.25. The van der Waals surface area contributed by atoms with Crippen LogP contribution in [0.5, 0.6) is 0 Å². The standard InChI is InChI=1S/C17H24N6OS/c1-2-6-18-15(5-1)16-19-20-17(23(16)22-9-12-24-13-10-22)25-14-11-21-7-3-4-8-21/h1-2,5-6H,3-4,7-14H2. The van der Waals surface area contributed by atoms with Gasteiger partial charge >= 0.3 is 0 Å². The van der Waals surface area contributed by atoms with Crippen LogP contribution in [0.3, 0.4) is 0 Å². The molecule has 7 nitrogen and oxygen atoms in total. The smallest absolute Gasteiger partial charge is 0.210 e. The third-order valence-corrected chi connectivity index (χ3v) is 5.51. The number of rotatable bonds is 6. The molecule has 4 rings (SSSR count). The molecule has 0 aromatic carbocycles. The van der Waals surface area contributed by atoms with Crippen molar-refractivity contribution in [3.63, 3.8) is 0 Å². The zero-order valence-electron chi connectivity index (χ0n) is 14.4. The molecule has 0 unspecified atom stereocenters. The lowest BCUT2D eigenvalue weighted by Gasteiger charge is -2.31. The minimum Gasteiger partial charge on any atom is -0.378 e. The molecule has 4 heterocycles. The Morgan fingerprint density at radius 3 is 2.64 bits per heavy atom. The quantitative estimate of drug-likeness (QED) is 0.724. The van der Waals surface area contributed by atoms with E-state index in [1.54, 1.807) is 18.0 Å². The number of hydrogen-bond acceptors (Lipinski definition) is 7. The van der Waals surface area contributed by atoms with E-state index >= 15 is 0 Å². The maximum atomic E-state index is 5.51. The molecular weight excluding hydrogens is 336 g/mol. The normalized spacial score (nSPS) is 18.8. The molecular formula is C17H24N6OS. The van der Waals surface area contributed by atoms with Gasteiger partial charge < -0.3 is 14.6 Å². The molecule has 0 radical (unpaired) electrons. The van der Waals surface area contributed by atoms with Gasteiger partial charge in [0.15, 0.2) is 0 Å². The van der Waals surface area contributed by atoms with Gasteiger partial charge in [-0.15, -0.1) is 10.2 Å². The molecule has 8 heteroatoms. The van der Waals surface area contributed by atoms with Crippen molar-refractivity contribution in [2.45, 2.75) is 18.0 Å². The molecule has 2 aromatic heterocycles. The highest BCUT2D eigenvalue weighted by atomic mass is 32.2. The van der Waals surface area contributed by atoms with E-state index in [9.17, 15) is 0 Å². The highest BCUT2D eigenvalue weighted by Crippen LogP contribution is 2.24. The first-order chi connectivity index (χ1) is 12.4. The molecule has 0 aliphatic carbocycles. The lowest BCUT2D eigenvalue weighted by Crippen LogP contribution is -2.44. The van der Waals surface area contributed by atoms with Crippen LogP contribution < -0.4 is 5.01 Å². The second-order valence-electron chi connectivity index (χ2n) is 6.30. The molecule has 134 valence electrons. The van der Waals surface area contributed by atoms with E-state index in [0.717, 1.165) is 55.3 Å². The molecule has 25 heavy (non-hydrogen) atoms. The Kier molecular flexibility index (Phi) is 5.49. The summed E-state index contributed by atoms with van der Waals surface area (Å²) in [6.07, 6.45) is 4.46. The first kappa shape index (κ1) is 16.8. The maximum absolute atomic E-state index is 5.51. The van der Waals surface area contributed by atoms with Gasteiger partial charge in [-0.05, 0) is 38.1 Å². The third kappa shape index (κ3) is 3.96. The number of ether oxygens (including phenoxy) is 1. The summed E-state index contributed by atoms with van der Waals surface area (Å²) in [5, 5.41) is 12.1. The van der Waals surface area contributed by atoms with Crippen LogP contribution >= 0.6 is 11.8 Å². The number of likely N-dealkylation sites (tertiary alicyclic amines) is 1. The summed E-state index contributed by atoms with van der Waals surface area (Å²) in [6, 6.07) is 5.89. The van der Waals surface area contributed by atoms with Gasteiger partial charge in [-0.25, -0.2) is 4.68 Å². The highest BCUT2D eigenvalue weighted by molar-refractivity contribution is 7.99. The van der Waals surface area contributed by atoms with Crippen molar-refractivity contribution in [3.05, 3.63) is 24.4 Å². The van der Waals surface area contributed by atoms with Crippen molar-refractivity contribution >= 4 is 11.8 Å². The largest absolute Gasteiger partial charge is 0.378 e. The first-order valence-corrected chi connectivity index (χ1v) is 9.95. The average Bonchev–Trinajstić information content (AvgIpc) is 3.33. The van der Waals surface area contributed by atoms with Crippen molar-refractivity contribution in [1.82, 2.24) is 24.8 Å². The van der Waals surface area contributed by atoms with Crippen LogP contribution in [0.2, 0.25) is 0 Å². The zero-order chi connectivity index (χ0) is 16.9. The Hall–Kier alpha value is -1.64. The van der Waals surface area contributed by atoms with E-state index < -0.39 is 0 Å². The van der Waals surface area contributed by atoms with Gasteiger partial charge in [0.25, 0.3) is 0 Å². The number of pyridine rings is 1. The first-order valence-electron chi connectivity index (χ1n) is 8.97. The van der Waals surface area contributed by atoms with Gasteiger partial charge in [0.05, 0.1) is 26.3 Å². The highest BCUT2D eigenvalue weighted by Gasteiger charge is 2.22. The monoisotopic (exact) mass is 360 g/mol. The Morgan fingerprint density at radius 2 is 1.88 bits per heavy atom. The van der Waals surface area contributed by atoms with E-state index in [0.29, 0.717) is 0 Å². The summed E-state index contributed by atoms with van der Waals surface area (Å²) in [4.78, 5) is 6.99. The predicted molar refractivity (Wildman–Crippen MR) is 98.4 cm³/mol. The Morgan fingerprint density at radius 1 is 1.04 bits per heavy atom. The van der Waals surface area contributed by atoms with Gasteiger partial charge in [-0.2, -0.15) is 0 Å². The molecule has 0 saturated carbocycles. The summed E-state index contributed by atoms with van der Waals surface area (Å²) in [5.74, 6) is 1.84. The fraction of sp³-hybridized carbons (Fsp3) is 0.588. The summed E-state index contributed by atoms with van der Waals surface area (Å²) in [5.41, 5.74) is 0.855. The SMILES string of the molecule is c1ccc(-c2nnc(SCCN3CCCC3)n2N2CCOCC2)nc1. The molecule has 0 spiro atoms. The molecule has 2 aliphatic heterocycles. The van der Waals surface area contributed by atoms with Crippen LogP contribution in [-0.4, -0.2) is 76.4 Å². The molecule has 2 aromatic rings. The Labute approximate surface area is 152 Å². The Bertz CT molecular complexity index is 667. The van der Waals surface area contributed by atoms with E-state index in [4.69, 9.17) is 4.74 Å². The van der Waals surface area contributed by atoms with Crippen molar-refractivity contribution in [2.24, 2.45) is 0 Å². The number of morpholine rings is 1. The number of hydrogen-bond donors (Lipinski definition) is 0. The van der Waals surface area contributed by atoms with E-state index in [1.165, 1.54) is 25.9 Å². The van der Waals surface area contributed by atoms with E-state index in [-0.39, 0.29) is 0 Å². The van der Waals surface area contributed by atoms with Gasteiger partial charge in [0.2, 0.25) is 11.0 Å². The number of nitrogens with zero attached hydrogens (tertiary/aromatic N) is 6. The summed E-state index contributed by atoms with van der Waals surface area (Å²) in [7, 11) is 0. The summed E-state index contributed by atoms with van der Waals surface area (Å²) < 4.78 is 7.65. The van der Waals surface area contributed by atoms with Crippen molar-refractivity contribution in [2.75, 3.05) is 56.7 Å². The molecule has 0 bridgehead atoms. The maximum Gasteiger partial charge on any atom is 0.210 e. The van der Waals surface area contributed by atoms with Gasteiger partial charge in [0.1, 0.15) is 5.69 Å². The van der Waals surface area contributed by atoms with E-state index in [1.807, 2.05) is 18.2 Å². The predicted octanol–water partition coefficient (Wildman–Crippen LogP) is 1.50. The lowest BCUT2D eigenvalue weighted by molar-refractivity contribution is 0.110. The molecule has 2 fully saturated rings. The lowest BCUT2D eigenvalue weighted by atomic mass is 10.3. The zero-order valence-corrected chi connectivity index (χ0v) is 15.2. The van der Waals surface area contributed by atoms with Gasteiger partial charge in [-0.3, -0.25) is 4.98 Å². The molecule has 0 atom stereocenters. The molecule has 0 amide bonds. The van der Waals surface area contributed by atoms with Crippen LogP contribution in [0.1, 0.15) is 12.8 Å². The van der Waals surface area contributed by atoms with Crippen LogP contribution in [0.25, 0.3) is 11.5 Å². The summed E-state index contributed by atoms with van der Waals surface area (Å²) in [6.45, 7) is 6.73. The topological polar surface area (TPSA) is 59.3 Å². The third-order valence-electron chi connectivity index (χ3n) is 4.61. The number of aromatic nitrogens is 4. The van der Waals surface area contributed by atoms with E-state index in [2.05, 4.69) is 29.8 Å². The minimum atomic E-state index is 0.734. The van der Waals surface area contributed by atoms with Crippen molar-refractivity contribution in [1.29, 1.82) is 0 Å². The molecule has 2 saturated heterocycles. The summed E-state index contributed by atoms with van der Waals surface area (Å²) >= 11 is 1.78. The molecule has 0 N–H and O–H groups in total. The van der Waals surface area contributed by atoms with Gasteiger partial charge in [-0.1, -0.05) is 17.8 Å². The molecule has 2 aliphatic rings. The van der Waals surface area contributed by atoms with Crippen molar-refractivity contribution in [3.8, 4) is 11.5 Å². The van der Waals surface area contributed by atoms with Crippen LogP contribution in [0.4, 0.5) is 0 Å². The van der Waals surface area contributed by atoms with Crippen LogP contribution in [0.15, 0.2) is 29.6 Å². The fourth-order valence-electron chi connectivity index (χ4n) is 3.29. The van der Waals surface area contributed by atoms with Gasteiger partial charge in [0, 0.05) is 18.5 Å². The number of thioether (sulfide) groups is 1. The van der Waals surface area contributed by atoms with Crippen molar-refractivity contribution < 1.29 is 4.74 Å². The van der Waals surface area contributed by atoms with Crippen LogP contribution in [-0.2, 0) is 4.74 Å². The Balaban J connectivity index is 1.53. The second kappa shape index (κ2) is 8.16. The average molecular weight is 360 g/mol.